The number of ether oxygens (including phenoxy) is 2. The van der Waals surface area contributed by atoms with Crippen LogP contribution in [0, 0.1) is 11.3 Å². The minimum Gasteiger partial charge on any atom is -0.370 e. The minimum absolute atomic E-state index is 0.0922. The Balaban J connectivity index is 1.73. The van der Waals surface area contributed by atoms with E-state index in [-0.39, 0.29) is 23.2 Å². The van der Waals surface area contributed by atoms with Crippen LogP contribution in [0.2, 0.25) is 0 Å². The van der Waals surface area contributed by atoms with Crippen LogP contribution in [0.4, 0.5) is 0 Å². The van der Waals surface area contributed by atoms with E-state index in [1.165, 1.54) is 0 Å². The van der Waals surface area contributed by atoms with Crippen LogP contribution in [0.3, 0.4) is 0 Å². The molecule has 0 radical (unpaired) electrons. The molecule has 138 valence electrons. The van der Waals surface area contributed by atoms with Crippen LogP contribution in [-0.2, 0) is 27.5 Å². The van der Waals surface area contributed by atoms with E-state index in [1.807, 2.05) is 60.7 Å². The van der Waals surface area contributed by atoms with Crippen LogP contribution in [0.25, 0.3) is 0 Å². The molecule has 0 bridgehead atoms. The molecule has 0 aromatic heterocycles. The Bertz CT molecular complexity index is 709. The molecule has 0 N–H and O–H groups in total. The molecule has 2 aromatic rings. The topological polar surface area (TPSA) is 35.5 Å². The van der Waals surface area contributed by atoms with Gasteiger partial charge in [-0.05, 0) is 22.5 Å². The molecule has 0 spiro atoms. The maximum atomic E-state index is 12.8. The molecule has 3 atom stereocenters. The fourth-order valence-electron chi connectivity index (χ4n) is 3.55. The largest absolute Gasteiger partial charge is 0.370 e. The van der Waals surface area contributed by atoms with Gasteiger partial charge in [-0.1, -0.05) is 81.4 Å². The number of hydrogen-bond donors (Lipinski definition) is 0. The lowest BCUT2D eigenvalue weighted by Crippen LogP contribution is -2.53. The maximum absolute atomic E-state index is 12.8. The molecular weight excluding hydrogens is 324 g/mol. The van der Waals surface area contributed by atoms with E-state index in [0.29, 0.717) is 19.6 Å². The Morgan fingerprint density at radius 3 is 1.92 bits per heavy atom. The Labute approximate surface area is 156 Å². The SMILES string of the molecule is C[C@@H]1[C@@H](OCc2ccccc2)[C@@H](OCc2ccccc2)C(=O)CC1(C)C. The second-order valence-corrected chi connectivity index (χ2v) is 7.90. The van der Waals surface area contributed by atoms with Gasteiger partial charge in [0, 0.05) is 6.42 Å². The number of carbonyl (C=O) groups is 1. The van der Waals surface area contributed by atoms with E-state index in [1.54, 1.807) is 0 Å². The molecule has 1 fully saturated rings. The van der Waals surface area contributed by atoms with Crippen LogP contribution in [-0.4, -0.2) is 18.0 Å². The lowest BCUT2D eigenvalue weighted by atomic mass is 9.66. The zero-order chi connectivity index (χ0) is 18.6. The minimum atomic E-state index is -0.512. The lowest BCUT2D eigenvalue weighted by molar-refractivity contribution is -0.172. The van der Waals surface area contributed by atoms with Gasteiger partial charge in [0.1, 0.15) is 6.10 Å². The fourth-order valence-corrected chi connectivity index (χ4v) is 3.55. The normalized spacial score (nSPS) is 25.2. The van der Waals surface area contributed by atoms with Gasteiger partial charge in [-0.25, -0.2) is 0 Å². The van der Waals surface area contributed by atoms with Crippen LogP contribution < -0.4 is 0 Å². The Kier molecular flexibility index (Phi) is 5.90. The molecule has 0 heterocycles. The first-order valence-electron chi connectivity index (χ1n) is 9.31. The molecule has 1 aliphatic rings. The molecule has 0 amide bonds. The monoisotopic (exact) mass is 352 g/mol. The van der Waals surface area contributed by atoms with Gasteiger partial charge in [0.2, 0.25) is 0 Å². The van der Waals surface area contributed by atoms with Crippen molar-refractivity contribution in [1.29, 1.82) is 0 Å². The van der Waals surface area contributed by atoms with Crippen LogP contribution >= 0.6 is 0 Å². The Morgan fingerprint density at radius 1 is 0.885 bits per heavy atom. The van der Waals surface area contributed by atoms with Crippen molar-refractivity contribution in [2.75, 3.05) is 0 Å². The number of Topliss-reactive ketones (excluding diaryl/α,β-unsaturated/α-hetero) is 1. The van der Waals surface area contributed by atoms with Crippen LogP contribution in [0.15, 0.2) is 60.7 Å². The van der Waals surface area contributed by atoms with Gasteiger partial charge in [0.05, 0.1) is 19.3 Å². The Morgan fingerprint density at radius 2 is 1.38 bits per heavy atom. The lowest BCUT2D eigenvalue weighted by Gasteiger charge is -2.44. The number of carbonyl (C=O) groups excluding carboxylic acids is 1. The third kappa shape index (κ3) is 4.40. The molecule has 3 nitrogen and oxygen atoms in total. The van der Waals surface area contributed by atoms with Gasteiger partial charge >= 0.3 is 0 Å². The summed E-state index contributed by atoms with van der Waals surface area (Å²) >= 11 is 0. The van der Waals surface area contributed by atoms with Gasteiger partial charge < -0.3 is 9.47 Å². The zero-order valence-corrected chi connectivity index (χ0v) is 15.9. The van der Waals surface area contributed by atoms with Crippen molar-refractivity contribution in [3.63, 3.8) is 0 Å². The van der Waals surface area contributed by atoms with Gasteiger partial charge in [0.25, 0.3) is 0 Å². The van der Waals surface area contributed by atoms with Crippen LogP contribution in [0.5, 0.6) is 0 Å². The number of benzene rings is 2. The van der Waals surface area contributed by atoms with E-state index in [4.69, 9.17) is 9.47 Å². The van der Waals surface area contributed by atoms with E-state index in [9.17, 15) is 4.79 Å². The van der Waals surface area contributed by atoms with Crippen molar-refractivity contribution in [3.05, 3.63) is 71.8 Å². The second-order valence-electron chi connectivity index (χ2n) is 7.90. The predicted octanol–water partition coefficient (Wildman–Crippen LogP) is 4.79. The van der Waals surface area contributed by atoms with Crippen molar-refractivity contribution in [3.8, 4) is 0 Å². The average molecular weight is 352 g/mol. The van der Waals surface area contributed by atoms with Gasteiger partial charge in [-0.3, -0.25) is 4.79 Å². The highest BCUT2D eigenvalue weighted by atomic mass is 16.5. The summed E-state index contributed by atoms with van der Waals surface area (Å²) in [6, 6.07) is 20.0. The summed E-state index contributed by atoms with van der Waals surface area (Å²) in [7, 11) is 0. The Hall–Kier alpha value is -1.97. The number of ketones is 1. The summed E-state index contributed by atoms with van der Waals surface area (Å²) < 4.78 is 12.3. The quantitative estimate of drug-likeness (QED) is 0.750. The third-order valence-electron chi connectivity index (χ3n) is 5.53. The summed E-state index contributed by atoms with van der Waals surface area (Å²) in [4.78, 5) is 12.8. The van der Waals surface area contributed by atoms with Gasteiger partial charge in [-0.2, -0.15) is 0 Å². The molecule has 0 saturated heterocycles. The van der Waals surface area contributed by atoms with Gasteiger partial charge in [-0.15, -0.1) is 0 Å². The maximum Gasteiger partial charge on any atom is 0.164 e. The molecule has 0 unspecified atom stereocenters. The van der Waals surface area contributed by atoms with E-state index >= 15 is 0 Å². The van der Waals surface area contributed by atoms with Crippen molar-refractivity contribution >= 4 is 5.78 Å². The summed E-state index contributed by atoms with van der Waals surface area (Å²) in [5.41, 5.74) is 2.09. The van der Waals surface area contributed by atoms with Crippen molar-refractivity contribution in [2.24, 2.45) is 11.3 Å². The first kappa shape index (κ1) is 18.8. The highest BCUT2D eigenvalue weighted by Gasteiger charge is 2.47. The molecule has 3 heteroatoms. The fraction of sp³-hybridized carbons (Fsp3) is 0.435. The highest BCUT2D eigenvalue weighted by molar-refractivity contribution is 5.85. The summed E-state index contributed by atoms with van der Waals surface area (Å²) in [6.45, 7) is 7.37. The van der Waals surface area contributed by atoms with Crippen molar-refractivity contribution in [1.82, 2.24) is 0 Å². The molecule has 26 heavy (non-hydrogen) atoms. The third-order valence-corrected chi connectivity index (χ3v) is 5.53. The van der Waals surface area contributed by atoms with Crippen LogP contribution in [0.1, 0.15) is 38.3 Å². The highest BCUT2D eigenvalue weighted by Crippen LogP contribution is 2.41. The first-order chi connectivity index (χ1) is 12.5. The summed E-state index contributed by atoms with van der Waals surface area (Å²) in [5, 5.41) is 0. The molecule has 1 saturated carbocycles. The number of rotatable bonds is 6. The predicted molar refractivity (Wildman–Crippen MR) is 103 cm³/mol. The first-order valence-corrected chi connectivity index (χ1v) is 9.31. The van der Waals surface area contributed by atoms with Gasteiger partial charge in [0.15, 0.2) is 5.78 Å². The molecule has 2 aromatic carbocycles. The molecular formula is C23H28O3. The van der Waals surface area contributed by atoms with E-state index in [2.05, 4.69) is 20.8 Å². The van der Waals surface area contributed by atoms with E-state index in [0.717, 1.165) is 11.1 Å². The zero-order valence-electron chi connectivity index (χ0n) is 15.9. The average Bonchev–Trinajstić information content (AvgIpc) is 2.64. The van der Waals surface area contributed by atoms with Crippen molar-refractivity contribution in [2.45, 2.75) is 52.6 Å². The summed E-state index contributed by atoms with van der Waals surface area (Å²) in [5.74, 6) is 0.367. The molecule has 0 aliphatic heterocycles. The molecule has 3 rings (SSSR count). The standard InChI is InChI=1S/C23H28O3/c1-17-21(25-15-18-10-6-4-7-11-18)22(20(24)14-23(17,2)3)26-16-19-12-8-5-9-13-19/h4-13,17,21-22H,14-16H2,1-3H3/t17-,21-,22+/m1/s1. The number of hydrogen-bond acceptors (Lipinski definition) is 3. The smallest absolute Gasteiger partial charge is 0.164 e. The van der Waals surface area contributed by atoms with Crippen molar-refractivity contribution < 1.29 is 14.3 Å². The van der Waals surface area contributed by atoms with E-state index < -0.39 is 6.10 Å². The molecule has 1 aliphatic carbocycles. The summed E-state index contributed by atoms with van der Waals surface area (Å²) in [6.07, 6.45) is -0.226. The second kappa shape index (κ2) is 8.15.